The summed E-state index contributed by atoms with van der Waals surface area (Å²) < 4.78 is 0.646. The van der Waals surface area contributed by atoms with Gasteiger partial charge in [-0.15, -0.1) is 0 Å². The third-order valence-electron chi connectivity index (χ3n) is 2.45. The van der Waals surface area contributed by atoms with E-state index in [9.17, 15) is 9.59 Å². The fourth-order valence-corrected chi connectivity index (χ4v) is 1.92. The van der Waals surface area contributed by atoms with Gasteiger partial charge in [0.25, 0.3) is 0 Å². The molecule has 0 radical (unpaired) electrons. The van der Waals surface area contributed by atoms with Gasteiger partial charge in [-0.05, 0) is 48.0 Å². The van der Waals surface area contributed by atoms with Crippen molar-refractivity contribution in [3.8, 4) is 0 Å². The molecule has 104 valence electrons. The maximum Gasteiger partial charge on any atom is 0.319 e. The van der Waals surface area contributed by atoms with Crippen LogP contribution >= 0.6 is 27.5 Å². The lowest BCUT2D eigenvalue weighted by Crippen LogP contribution is -2.40. The van der Waals surface area contributed by atoms with Crippen molar-refractivity contribution in [2.45, 2.75) is 13.8 Å². The molecule has 5 nitrogen and oxygen atoms in total. The second-order valence-electron chi connectivity index (χ2n) is 4.62. The Hall–Kier alpha value is -1.27. The highest BCUT2D eigenvalue weighted by Crippen LogP contribution is 2.25. The Labute approximate surface area is 124 Å². The van der Waals surface area contributed by atoms with E-state index in [-0.39, 0.29) is 6.54 Å². The lowest BCUT2D eigenvalue weighted by atomic mass is 9.94. The predicted molar refractivity (Wildman–Crippen MR) is 77.6 cm³/mol. The molecular formula is C12H14BrClN2O3. The van der Waals surface area contributed by atoms with Gasteiger partial charge in [0.05, 0.1) is 11.1 Å². The maximum atomic E-state index is 11.6. The molecule has 2 amide bonds. The summed E-state index contributed by atoms with van der Waals surface area (Å²) in [6.07, 6.45) is 0. The second-order valence-corrected chi connectivity index (χ2v) is 5.91. The summed E-state index contributed by atoms with van der Waals surface area (Å²) in [6, 6.07) is 4.47. The molecule has 0 aromatic heterocycles. The summed E-state index contributed by atoms with van der Waals surface area (Å²) in [5.74, 6) is -0.972. The number of carboxylic acids is 1. The van der Waals surface area contributed by atoms with Gasteiger partial charge in [0.2, 0.25) is 0 Å². The quantitative estimate of drug-likeness (QED) is 0.780. The largest absolute Gasteiger partial charge is 0.481 e. The highest BCUT2D eigenvalue weighted by molar-refractivity contribution is 9.10. The van der Waals surface area contributed by atoms with E-state index < -0.39 is 17.4 Å². The van der Waals surface area contributed by atoms with Crippen LogP contribution in [0.15, 0.2) is 22.7 Å². The third kappa shape index (κ3) is 4.72. The Balaban J connectivity index is 2.59. The number of rotatable bonds is 4. The molecule has 0 heterocycles. The summed E-state index contributed by atoms with van der Waals surface area (Å²) in [5.41, 5.74) is -0.468. The SMILES string of the molecule is CC(C)(CNC(=O)Nc1ccc(Cl)cc1Br)C(=O)O. The average molecular weight is 350 g/mol. The number of hydrogen-bond acceptors (Lipinski definition) is 2. The van der Waals surface area contributed by atoms with Gasteiger partial charge in [0.1, 0.15) is 0 Å². The van der Waals surface area contributed by atoms with Gasteiger partial charge in [-0.3, -0.25) is 4.79 Å². The number of amides is 2. The highest BCUT2D eigenvalue weighted by atomic mass is 79.9. The van der Waals surface area contributed by atoms with E-state index in [1.54, 1.807) is 18.2 Å². The van der Waals surface area contributed by atoms with E-state index in [1.807, 2.05) is 0 Å². The molecule has 1 aromatic rings. The van der Waals surface area contributed by atoms with Crippen molar-refractivity contribution in [2.75, 3.05) is 11.9 Å². The molecule has 1 aromatic carbocycles. The summed E-state index contributed by atoms with van der Waals surface area (Å²) in [5, 5.41) is 14.6. The number of aliphatic carboxylic acids is 1. The van der Waals surface area contributed by atoms with Gasteiger partial charge in [-0.1, -0.05) is 11.6 Å². The fraction of sp³-hybridized carbons (Fsp3) is 0.333. The Morgan fingerprint density at radius 3 is 2.58 bits per heavy atom. The Kier molecular flexibility index (Phi) is 5.20. The van der Waals surface area contributed by atoms with Gasteiger partial charge in [-0.25, -0.2) is 4.79 Å². The van der Waals surface area contributed by atoms with E-state index in [1.165, 1.54) is 13.8 Å². The van der Waals surface area contributed by atoms with Crippen LogP contribution in [0, 0.1) is 5.41 Å². The van der Waals surface area contributed by atoms with Gasteiger partial charge in [-0.2, -0.15) is 0 Å². The first-order valence-corrected chi connectivity index (χ1v) is 6.63. The number of carbonyl (C=O) groups is 2. The molecular weight excluding hydrogens is 336 g/mol. The van der Waals surface area contributed by atoms with Crippen LogP contribution < -0.4 is 10.6 Å². The Morgan fingerprint density at radius 2 is 2.05 bits per heavy atom. The van der Waals surface area contributed by atoms with Crippen molar-refractivity contribution >= 4 is 45.2 Å². The van der Waals surface area contributed by atoms with Crippen molar-refractivity contribution in [1.82, 2.24) is 5.32 Å². The van der Waals surface area contributed by atoms with E-state index in [0.29, 0.717) is 15.2 Å². The first kappa shape index (κ1) is 15.8. The zero-order chi connectivity index (χ0) is 14.6. The van der Waals surface area contributed by atoms with Crippen molar-refractivity contribution in [1.29, 1.82) is 0 Å². The molecule has 0 saturated carbocycles. The Bertz CT molecular complexity index is 506. The van der Waals surface area contributed by atoms with Crippen LogP contribution in [-0.4, -0.2) is 23.7 Å². The number of carboxylic acid groups (broad SMARTS) is 1. The first-order valence-electron chi connectivity index (χ1n) is 5.45. The number of halogens is 2. The summed E-state index contributed by atoms with van der Waals surface area (Å²) in [6.45, 7) is 3.10. The normalized spacial score (nSPS) is 10.9. The second kappa shape index (κ2) is 6.25. The van der Waals surface area contributed by atoms with Gasteiger partial charge in [0.15, 0.2) is 0 Å². The molecule has 3 N–H and O–H groups in total. The minimum atomic E-state index is -1.02. The molecule has 19 heavy (non-hydrogen) atoms. The van der Waals surface area contributed by atoms with Crippen molar-refractivity contribution < 1.29 is 14.7 Å². The van der Waals surface area contributed by atoms with Crippen molar-refractivity contribution in [3.63, 3.8) is 0 Å². The number of benzene rings is 1. The summed E-state index contributed by atoms with van der Waals surface area (Å²) in [4.78, 5) is 22.5. The van der Waals surface area contributed by atoms with Gasteiger partial charge >= 0.3 is 12.0 Å². The van der Waals surface area contributed by atoms with Crippen molar-refractivity contribution in [2.24, 2.45) is 5.41 Å². The molecule has 0 aliphatic carbocycles. The van der Waals surface area contributed by atoms with Gasteiger partial charge in [0, 0.05) is 16.0 Å². The predicted octanol–water partition coefficient (Wildman–Crippen LogP) is 3.33. The third-order valence-corrected chi connectivity index (χ3v) is 3.34. The highest BCUT2D eigenvalue weighted by Gasteiger charge is 2.27. The van der Waals surface area contributed by atoms with Crippen LogP contribution in [-0.2, 0) is 4.79 Å². The number of urea groups is 1. The molecule has 0 unspecified atom stereocenters. The van der Waals surface area contributed by atoms with E-state index >= 15 is 0 Å². The Morgan fingerprint density at radius 1 is 1.42 bits per heavy atom. The number of anilines is 1. The topological polar surface area (TPSA) is 78.4 Å². The molecule has 0 aliphatic rings. The number of hydrogen-bond donors (Lipinski definition) is 3. The van der Waals surface area contributed by atoms with Gasteiger partial charge < -0.3 is 15.7 Å². The van der Waals surface area contributed by atoms with E-state index in [0.717, 1.165) is 0 Å². The number of nitrogens with one attached hydrogen (secondary N) is 2. The fourth-order valence-electron chi connectivity index (χ4n) is 1.13. The average Bonchev–Trinajstić information content (AvgIpc) is 2.30. The monoisotopic (exact) mass is 348 g/mol. The molecule has 0 fully saturated rings. The molecule has 0 saturated heterocycles. The minimum Gasteiger partial charge on any atom is -0.481 e. The first-order chi connectivity index (χ1) is 8.72. The smallest absolute Gasteiger partial charge is 0.319 e. The van der Waals surface area contributed by atoms with E-state index in [2.05, 4.69) is 26.6 Å². The molecule has 0 atom stereocenters. The van der Waals surface area contributed by atoms with Crippen LogP contribution in [0.3, 0.4) is 0 Å². The minimum absolute atomic E-state index is 0.0272. The molecule has 7 heteroatoms. The zero-order valence-electron chi connectivity index (χ0n) is 10.5. The van der Waals surface area contributed by atoms with Crippen LogP contribution in [0.5, 0.6) is 0 Å². The molecule has 0 aliphatic heterocycles. The molecule has 0 bridgehead atoms. The van der Waals surface area contributed by atoms with Crippen LogP contribution in [0.4, 0.5) is 10.5 Å². The standard InChI is InChI=1S/C12H14BrClN2O3/c1-12(2,10(17)18)6-15-11(19)16-9-4-3-7(14)5-8(9)13/h3-5H,6H2,1-2H3,(H,17,18)(H2,15,16,19). The lowest BCUT2D eigenvalue weighted by Gasteiger charge is -2.19. The summed E-state index contributed by atoms with van der Waals surface area (Å²) >= 11 is 9.05. The van der Waals surface area contributed by atoms with E-state index in [4.69, 9.17) is 16.7 Å². The molecule has 1 rings (SSSR count). The van der Waals surface area contributed by atoms with Crippen LogP contribution in [0.1, 0.15) is 13.8 Å². The lowest BCUT2D eigenvalue weighted by molar-refractivity contribution is -0.146. The van der Waals surface area contributed by atoms with Crippen LogP contribution in [0.25, 0.3) is 0 Å². The molecule has 0 spiro atoms. The van der Waals surface area contributed by atoms with Crippen molar-refractivity contribution in [3.05, 3.63) is 27.7 Å². The number of carbonyl (C=O) groups excluding carboxylic acids is 1. The summed E-state index contributed by atoms with van der Waals surface area (Å²) in [7, 11) is 0. The van der Waals surface area contributed by atoms with Crippen LogP contribution in [0.2, 0.25) is 5.02 Å². The zero-order valence-corrected chi connectivity index (χ0v) is 12.8. The maximum absolute atomic E-state index is 11.6.